The average molecular weight is 401 g/mol. The molecule has 1 aliphatic carbocycles. The Morgan fingerprint density at radius 2 is 2.04 bits per heavy atom. The summed E-state index contributed by atoms with van der Waals surface area (Å²) < 4.78 is 5.54. The normalized spacial score (nSPS) is 20.0. The van der Waals surface area contributed by atoms with Crippen LogP contribution in [0.4, 0.5) is 0 Å². The van der Waals surface area contributed by atoms with E-state index in [4.69, 9.17) is 4.74 Å². The van der Waals surface area contributed by atoms with E-state index in [-0.39, 0.29) is 11.4 Å². The van der Waals surface area contributed by atoms with Crippen LogP contribution in [0.1, 0.15) is 37.8 Å². The quantitative estimate of drug-likeness (QED) is 0.808. The number of rotatable bonds is 6. The lowest BCUT2D eigenvalue weighted by Crippen LogP contribution is -2.59. The molecule has 1 N–H and O–H groups in total. The average Bonchev–Trinajstić information content (AvgIpc) is 3.23. The first-order valence-electron chi connectivity index (χ1n) is 10.2. The highest BCUT2D eigenvalue weighted by atomic mass is 32.1. The van der Waals surface area contributed by atoms with Gasteiger partial charge >= 0.3 is 0 Å². The van der Waals surface area contributed by atoms with E-state index in [9.17, 15) is 4.79 Å². The number of morpholine rings is 1. The molecule has 2 aromatic heterocycles. The van der Waals surface area contributed by atoms with Gasteiger partial charge in [-0.2, -0.15) is 0 Å². The molecule has 2 aliphatic rings. The van der Waals surface area contributed by atoms with Gasteiger partial charge in [-0.25, -0.2) is 4.98 Å². The molecule has 150 valence electrons. The van der Waals surface area contributed by atoms with Crippen molar-refractivity contribution in [2.75, 3.05) is 32.8 Å². The molecule has 0 spiro atoms. The molecule has 28 heavy (non-hydrogen) atoms. The van der Waals surface area contributed by atoms with Crippen LogP contribution in [0.25, 0.3) is 10.7 Å². The Balaban J connectivity index is 1.35. The lowest BCUT2D eigenvalue weighted by Gasteiger charge is -2.48. The Labute approximate surface area is 170 Å². The van der Waals surface area contributed by atoms with Gasteiger partial charge in [0, 0.05) is 36.8 Å². The van der Waals surface area contributed by atoms with Crippen molar-refractivity contribution in [2.45, 2.75) is 44.1 Å². The fourth-order valence-corrected chi connectivity index (χ4v) is 5.13. The molecule has 6 nitrogen and oxygen atoms in total. The maximum atomic E-state index is 12.6. The second-order valence-corrected chi connectivity index (χ2v) is 8.56. The van der Waals surface area contributed by atoms with E-state index < -0.39 is 0 Å². The van der Waals surface area contributed by atoms with Crippen molar-refractivity contribution < 1.29 is 9.53 Å². The summed E-state index contributed by atoms with van der Waals surface area (Å²) in [5.74, 6) is 0.0519. The third-order valence-corrected chi connectivity index (χ3v) is 6.77. The van der Waals surface area contributed by atoms with Crippen LogP contribution < -0.4 is 5.32 Å². The van der Waals surface area contributed by atoms with Crippen LogP contribution in [0, 0.1) is 0 Å². The molecule has 1 saturated carbocycles. The molecular formula is C21H28N4O2S. The van der Waals surface area contributed by atoms with Crippen molar-refractivity contribution >= 4 is 17.2 Å². The number of ether oxygens (including phenoxy) is 1. The number of nitrogens with one attached hydrogen (secondary N) is 1. The highest BCUT2D eigenvalue weighted by Gasteiger charge is 2.38. The summed E-state index contributed by atoms with van der Waals surface area (Å²) >= 11 is 1.54. The number of amides is 1. The van der Waals surface area contributed by atoms with Crippen LogP contribution in [0.2, 0.25) is 0 Å². The molecule has 4 rings (SSSR count). The second kappa shape index (κ2) is 9.11. The molecule has 1 aliphatic heterocycles. The van der Waals surface area contributed by atoms with E-state index in [0.717, 1.165) is 62.1 Å². The van der Waals surface area contributed by atoms with Gasteiger partial charge < -0.3 is 10.1 Å². The number of pyridine rings is 1. The minimum Gasteiger partial charge on any atom is -0.379 e. The lowest BCUT2D eigenvalue weighted by atomic mass is 9.79. The summed E-state index contributed by atoms with van der Waals surface area (Å²) in [5, 5.41) is 6.04. The lowest BCUT2D eigenvalue weighted by molar-refractivity contribution is -0.121. The summed E-state index contributed by atoms with van der Waals surface area (Å²) in [6.45, 7) is 4.25. The highest BCUT2D eigenvalue weighted by Crippen LogP contribution is 2.34. The van der Waals surface area contributed by atoms with Crippen LogP contribution >= 0.6 is 11.3 Å². The van der Waals surface area contributed by atoms with Gasteiger partial charge in [0.25, 0.3) is 0 Å². The molecule has 0 radical (unpaired) electrons. The summed E-state index contributed by atoms with van der Waals surface area (Å²) in [7, 11) is 0. The zero-order chi connectivity index (χ0) is 19.2. The van der Waals surface area contributed by atoms with Crippen LogP contribution in [-0.4, -0.2) is 59.2 Å². The van der Waals surface area contributed by atoms with Crippen LogP contribution in [-0.2, 0) is 16.0 Å². The van der Waals surface area contributed by atoms with Gasteiger partial charge in [-0.05, 0) is 25.0 Å². The van der Waals surface area contributed by atoms with Gasteiger partial charge in [-0.3, -0.25) is 14.7 Å². The molecular weight excluding hydrogens is 372 g/mol. The smallest absolute Gasteiger partial charge is 0.226 e. The summed E-state index contributed by atoms with van der Waals surface area (Å²) in [4.78, 5) is 24.1. The minimum absolute atomic E-state index is 0.0519. The molecule has 1 amide bonds. The van der Waals surface area contributed by atoms with Gasteiger partial charge in [0.1, 0.15) is 5.01 Å². The first kappa shape index (κ1) is 19.5. The highest BCUT2D eigenvalue weighted by molar-refractivity contribution is 7.13. The molecule has 0 atom stereocenters. The van der Waals surface area contributed by atoms with E-state index in [1.54, 1.807) is 6.20 Å². The molecule has 0 aromatic carbocycles. The van der Waals surface area contributed by atoms with Crippen LogP contribution in [0.15, 0.2) is 29.8 Å². The third kappa shape index (κ3) is 4.59. The number of nitrogens with zero attached hydrogens (tertiary/aromatic N) is 3. The zero-order valence-corrected chi connectivity index (χ0v) is 17.0. The predicted molar refractivity (Wildman–Crippen MR) is 110 cm³/mol. The summed E-state index contributed by atoms with van der Waals surface area (Å²) in [5.41, 5.74) is 1.76. The van der Waals surface area contributed by atoms with Crippen molar-refractivity contribution in [1.29, 1.82) is 0 Å². The molecule has 0 bridgehead atoms. The SMILES string of the molecule is O=C(Cc1csc(-c2ccccn2)n1)NCC1(N2CCOCC2)CCCCC1. The molecule has 3 heterocycles. The van der Waals surface area contributed by atoms with Gasteiger partial charge in [0.05, 0.1) is 31.0 Å². The number of carbonyl (C=O) groups excluding carboxylic acids is 1. The Morgan fingerprint density at radius 3 is 2.79 bits per heavy atom. The van der Waals surface area contributed by atoms with Crippen LogP contribution in [0.5, 0.6) is 0 Å². The first-order chi connectivity index (χ1) is 13.8. The van der Waals surface area contributed by atoms with E-state index in [1.807, 2.05) is 23.6 Å². The van der Waals surface area contributed by atoms with Gasteiger partial charge in [0.15, 0.2) is 0 Å². The Hall–Kier alpha value is -1.83. The Morgan fingerprint density at radius 1 is 1.21 bits per heavy atom. The summed E-state index contributed by atoms with van der Waals surface area (Å²) in [6.07, 6.45) is 8.19. The van der Waals surface area contributed by atoms with Crippen molar-refractivity contribution in [2.24, 2.45) is 0 Å². The predicted octanol–water partition coefficient (Wildman–Crippen LogP) is 2.90. The number of carbonyl (C=O) groups is 1. The Bertz CT molecular complexity index is 768. The van der Waals surface area contributed by atoms with E-state index in [0.29, 0.717) is 6.42 Å². The van der Waals surface area contributed by atoms with E-state index in [2.05, 4.69) is 20.2 Å². The van der Waals surface area contributed by atoms with E-state index >= 15 is 0 Å². The number of hydrogen-bond acceptors (Lipinski definition) is 6. The molecule has 0 unspecified atom stereocenters. The first-order valence-corrected chi connectivity index (χ1v) is 11.1. The number of thiazole rings is 1. The number of aromatic nitrogens is 2. The second-order valence-electron chi connectivity index (χ2n) is 7.70. The largest absolute Gasteiger partial charge is 0.379 e. The molecule has 2 aromatic rings. The van der Waals surface area contributed by atoms with Gasteiger partial charge in [0.2, 0.25) is 5.91 Å². The van der Waals surface area contributed by atoms with E-state index in [1.165, 1.54) is 30.6 Å². The maximum Gasteiger partial charge on any atom is 0.226 e. The number of hydrogen-bond donors (Lipinski definition) is 1. The van der Waals surface area contributed by atoms with Crippen molar-refractivity contribution in [3.05, 3.63) is 35.5 Å². The monoisotopic (exact) mass is 400 g/mol. The Kier molecular flexibility index (Phi) is 6.34. The molecule has 2 fully saturated rings. The van der Waals surface area contributed by atoms with Crippen molar-refractivity contribution in [3.8, 4) is 10.7 Å². The molecule has 1 saturated heterocycles. The van der Waals surface area contributed by atoms with Crippen LogP contribution in [0.3, 0.4) is 0 Å². The maximum absolute atomic E-state index is 12.6. The van der Waals surface area contributed by atoms with Gasteiger partial charge in [-0.1, -0.05) is 25.3 Å². The fourth-order valence-electron chi connectivity index (χ4n) is 4.34. The molecule has 7 heteroatoms. The van der Waals surface area contributed by atoms with Crippen molar-refractivity contribution in [1.82, 2.24) is 20.2 Å². The third-order valence-electron chi connectivity index (χ3n) is 5.86. The zero-order valence-electron chi connectivity index (χ0n) is 16.2. The topological polar surface area (TPSA) is 67.4 Å². The fraction of sp³-hybridized carbons (Fsp3) is 0.571. The standard InChI is InChI=1S/C21H28N4O2S/c26-19(14-17-15-28-20(24-17)18-6-2-5-9-22-18)23-16-21(7-3-1-4-8-21)25-10-12-27-13-11-25/h2,5-6,9,15H,1,3-4,7-8,10-14,16H2,(H,23,26). The van der Waals surface area contributed by atoms with Crippen molar-refractivity contribution in [3.63, 3.8) is 0 Å². The minimum atomic E-state index is 0.0519. The van der Waals surface area contributed by atoms with Gasteiger partial charge in [-0.15, -0.1) is 11.3 Å². The summed E-state index contributed by atoms with van der Waals surface area (Å²) in [6, 6.07) is 5.78.